The Morgan fingerprint density at radius 1 is 1.07 bits per heavy atom. The Morgan fingerprint density at radius 3 is 2.56 bits per heavy atom. The summed E-state index contributed by atoms with van der Waals surface area (Å²) in [5.74, 6) is 0. The molecule has 27 heavy (non-hydrogen) atoms. The summed E-state index contributed by atoms with van der Waals surface area (Å²) in [6, 6.07) is 14.1. The molecule has 0 amide bonds. The molecule has 1 aromatic heterocycles. The van der Waals surface area contributed by atoms with Crippen molar-refractivity contribution in [2.24, 2.45) is 0 Å². The van der Waals surface area contributed by atoms with Gasteiger partial charge in [0.1, 0.15) is 0 Å². The van der Waals surface area contributed by atoms with Gasteiger partial charge in [0.05, 0.1) is 23.6 Å². The summed E-state index contributed by atoms with van der Waals surface area (Å²) in [5.41, 5.74) is 7.20. The number of anilines is 2. The molecule has 0 aliphatic rings. The molecule has 140 valence electrons. The highest BCUT2D eigenvalue weighted by Gasteiger charge is 2.14. The molecule has 2 aromatic carbocycles. The Morgan fingerprint density at radius 2 is 1.81 bits per heavy atom. The molecule has 0 bridgehead atoms. The number of benzene rings is 2. The zero-order valence-electron chi connectivity index (χ0n) is 15.9. The summed E-state index contributed by atoms with van der Waals surface area (Å²) >= 11 is 11.8. The molecule has 2 N–H and O–H groups in total. The average molecular weight is 399 g/mol. The summed E-state index contributed by atoms with van der Waals surface area (Å²) < 4.78 is 1.94. The summed E-state index contributed by atoms with van der Waals surface area (Å²) in [5, 5.41) is 12.5. The maximum atomic E-state index is 6.29. The molecule has 0 atom stereocenters. The first kappa shape index (κ1) is 19.4. The first-order valence-electron chi connectivity index (χ1n) is 8.78. The van der Waals surface area contributed by atoms with Gasteiger partial charge in [-0.1, -0.05) is 41.9 Å². The van der Waals surface area contributed by atoms with Gasteiger partial charge in [0.25, 0.3) is 0 Å². The molecular formula is C21H23ClN4S. The molecule has 0 saturated carbocycles. The third kappa shape index (κ3) is 4.49. The second-order valence-electron chi connectivity index (χ2n) is 6.69. The smallest absolute Gasteiger partial charge is 0.175 e. The Labute approximate surface area is 170 Å². The quantitative estimate of drug-likeness (QED) is 0.559. The summed E-state index contributed by atoms with van der Waals surface area (Å²) in [4.78, 5) is 0. The largest absolute Gasteiger partial charge is 0.332 e. The summed E-state index contributed by atoms with van der Waals surface area (Å²) in [7, 11) is 0. The van der Waals surface area contributed by atoms with Crippen LogP contribution in [0.3, 0.4) is 0 Å². The van der Waals surface area contributed by atoms with Crippen molar-refractivity contribution in [2.75, 3.05) is 10.6 Å². The Bertz CT molecular complexity index is 994. The fourth-order valence-corrected chi connectivity index (χ4v) is 3.36. The van der Waals surface area contributed by atoms with Crippen molar-refractivity contribution >= 4 is 40.3 Å². The average Bonchev–Trinajstić information content (AvgIpc) is 2.87. The van der Waals surface area contributed by atoms with Crippen LogP contribution in [0.25, 0.3) is 0 Å². The van der Waals surface area contributed by atoms with Crippen molar-refractivity contribution in [3.8, 4) is 0 Å². The van der Waals surface area contributed by atoms with Gasteiger partial charge in [-0.25, -0.2) is 0 Å². The number of nitrogens with zero attached hydrogens (tertiary/aromatic N) is 2. The van der Waals surface area contributed by atoms with Crippen molar-refractivity contribution < 1.29 is 0 Å². The first-order chi connectivity index (χ1) is 12.8. The number of aromatic nitrogens is 2. The molecule has 3 aromatic rings. The molecule has 0 fully saturated rings. The van der Waals surface area contributed by atoms with Gasteiger partial charge in [0.15, 0.2) is 5.11 Å². The highest BCUT2D eigenvalue weighted by atomic mass is 35.5. The second kappa shape index (κ2) is 8.11. The van der Waals surface area contributed by atoms with Crippen LogP contribution in [0, 0.1) is 27.7 Å². The number of thiocarbonyl (C=S) groups is 1. The van der Waals surface area contributed by atoms with E-state index in [4.69, 9.17) is 23.8 Å². The lowest BCUT2D eigenvalue weighted by molar-refractivity contribution is 0.659. The van der Waals surface area contributed by atoms with Crippen molar-refractivity contribution in [2.45, 2.75) is 34.2 Å². The molecule has 6 heteroatoms. The molecule has 0 unspecified atom stereocenters. The number of halogens is 1. The third-order valence-corrected chi connectivity index (χ3v) is 5.11. The lowest BCUT2D eigenvalue weighted by Crippen LogP contribution is -2.20. The van der Waals surface area contributed by atoms with E-state index in [1.165, 1.54) is 5.56 Å². The normalized spacial score (nSPS) is 10.7. The van der Waals surface area contributed by atoms with E-state index < -0.39 is 0 Å². The molecule has 3 rings (SSSR count). The number of aryl methyl sites for hydroxylation is 3. The van der Waals surface area contributed by atoms with Crippen LogP contribution in [0.5, 0.6) is 0 Å². The lowest BCUT2D eigenvalue weighted by Gasteiger charge is -2.14. The molecule has 0 spiro atoms. The molecule has 0 aliphatic carbocycles. The number of nitrogens with one attached hydrogen (secondary N) is 2. The Hall–Kier alpha value is -2.37. The molecule has 0 saturated heterocycles. The highest BCUT2D eigenvalue weighted by Crippen LogP contribution is 2.23. The third-order valence-electron chi connectivity index (χ3n) is 4.54. The molecule has 1 heterocycles. The summed E-state index contributed by atoms with van der Waals surface area (Å²) in [6.45, 7) is 8.74. The van der Waals surface area contributed by atoms with Gasteiger partial charge >= 0.3 is 0 Å². The van der Waals surface area contributed by atoms with Gasteiger partial charge in [-0.15, -0.1) is 0 Å². The minimum absolute atomic E-state index is 0.548. The van der Waals surface area contributed by atoms with Crippen LogP contribution in [0.1, 0.15) is 28.1 Å². The predicted molar refractivity (Wildman–Crippen MR) is 118 cm³/mol. The fourth-order valence-electron chi connectivity index (χ4n) is 2.96. The van der Waals surface area contributed by atoms with Gasteiger partial charge < -0.3 is 10.6 Å². The molecule has 0 radical (unpaired) electrons. The van der Waals surface area contributed by atoms with Crippen molar-refractivity contribution in [3.05, 3.63) is 75.6 Å². The van der Waals surface area contributed by atoms with E-state index >= 15 is 0 Å². The van der Waals surface area contributed by atoms with Crippen molar-refractivity contribution in [1.82, 2.24) is 9.78 Å². The molecular weight excluding hydrogens is 376 g/mol. The van der Waals surface area contributed by atoms with E-state index in [1.807, 2.05) is 42.8 Å². The first-order valence-corrected chi connectivity index (χ1v) is 9.56. The highest BCUT2D eigenvalue weighted by molar-refractivity contribution is 7.80. The van der Waals surface area contributed by atoms with Crippen LogP contribution in [0.2, 0.25) is 5.02 Å². The van der Waals surface area contributed by atoms with Gasteiger partial charge in [-0.3, -0.25) is 4.68 Å². The monoisotopic (exact) mass is 398 g/mol. The molecule has 4 nitrogen and oxygen atoms in total. The topological polar surface area (TPSA) is 41.9 Å². The maximum absolute atomic E-state index is 6.29. The SMILES string of the molecule is Cc1ccc(C)c(NC(=S)Nc2c(C)nn(Cc3ccccc3Cl)c2C)c1. The minimum Gasteiger partial charge on any atom is -0.332 e. The Kier molecular flexibility index (Phi) is 5.82. The van der Waals surface area contributed by atoms with Crippen LogP contribution in [0.4, 0.5) is 11.4 Å². The zero-order chi connectivity index (χ0) is 19.6. The standard InChI is InChI=1S/C21H23ClN4S/c1-13-9-10-14(2)19(11-13)23-21(27)24-20-15(3)25-26(16(20)4)12-17-7-5-6-8-18(17)22/h5-11H,12H2,1-4H3,(H2,23,24,27). The molecule has 0 aliphatic heterocycles. The van der Waals surface area contributed by atoms with Gasteiger partial charge in [0.2, 0.25) is 0 Å². The van der Waals surface area contributed by atoms with Crippen LogP contribution in [0.15, 0.2) is 42.5 Å². The summed E-state index contributed by atoms with van der Waals surface area (Å²) in [6.07, 6.45) is 0. The fraction of sp³-hybridized carbons (Fsp3) is 0.238. The number of rotatable bonds is 4. The van der Waals surface area contributed by atoms with E-state index in [9.17, 15) is 0 Å². The lowest BCUT2D eigenvalue weighted by atomic mass is 10.1. The van der Waals surface area contributed by atoms with Crippen LogP contribution in [-0.2, 0) is 6.54 Å². The van der Waals surface area contributed by atoms with E-state index in [0.717, 1.165) is 38.9 Å². The van der Waals surface area contributed by atoms with Crippen molar-refractivity contribution in [3.63, 3.8) is 0 Å². The van der Waals surface area contributed by atoms with E-state index in [2.05, 4.69) is 47.8 Å². The van der Waals surface area contributed by atoms with E-state index in [1.54, 1.807) is 0 Å². The van der Waals surface area contributed by atoms with Crippen LogP contribution in [-0.4, -0.2) is 14.9 Å². The number of hydrogen-bond acceptors (Lipinski definition) is 2. The van der Waals surface area contributed by atoms with Crippen molar-refractivity contribution in [1.29, 1.82) is 0 Å². The maximum Gasteiger partial charge on any atom is 0.175 e. The van der Waals surface area contributed by atoms with E-state index in [-0.39, 0.29) is 0 Å². The van der Waals surface area contributed by atoms with Crippen LogP contribution >= 0.6 is 23.8 Å². The minimum atomic E-state index is 0.548. The second-order valence-corrected chi connectivity index (χ2v) is 7.51. The van der Waals surface area contributed by atoms with Crippen LogP contribution < -0.4 is 10.6 Å². The van der Waals surface area contributed by atoms with Gasteiger partial charge in [-0.2, -0.15) is 5.10 Å². The number of hydrogen-bond donors (Lipinski definition) is 2. The van der Waals surface area contributed by atoms with Gasteiger partial charge in [0, 0.05) is 10.7 Å². The van der Waals surface area contributed by atoms with E-state index in [0.29, 0.717) is 11.7 Å². The Balaban J connectivity index is 1.77. The zero-order valence-corrected chi connectivity index (χ0v) is 17.5. The van der Waals surface area contributed by atoms with Gasteiger partial charge in [-0.05, 0) is 68.7 Å². The predicted octanol–water partition coefficient (Wildman–Crippen LogP) is 5.63.